The lowest BCUT2D eigenvalue weighted by atomic mass is 10.2. The van der Waals surface area contributed by atoms with Gasteiger partial charge in [0.15, 0.2) is 0 Å². The van der Waals surface area contributed by atoms with Crippen LogP contribution < -0.4 is 5.32 Å². The Hall–Kier alpha value is -0.490. The minimum atomic E-state index is 0.0771. The number of ether oxygens (including phenoxy) is 2. The summed E-state index contributed by atoms with van der Waals surface area (Å²) in [4.78, 5) is 4.56. The Balaban J connectivity index is 2.05. The van der Waals surface area contributed by atoms with Crippen molar-refractivity contribution in [3.05, 3.63) is 16.1 Å². The molecule has 2 heterocycles. The lowest BCUT2D eigenvalue weighted by Crippen LogP contribution is -2.34. The summed E-state index contributed by atoms with van der Waals surface area (Å²) >= 11 is 1.64. The SMILES string of the molecule is COC(C)c1nc(C2COCCN2)cs1. The number of hydrogen-bond acceptors (Lipinski definition) is 5. The first-order valence-corrected chi connectivity index (χ1v) is 5.98. The Bertz CT molecular complexity index is 310. The Morgan fingerprint density at radius 2 is 2.60 bits per heavy atom. The van der Waals surface area contributed by atoms with Gasteiger partial charge in [0.1, 0.15) is 11.1 Å². The monoisotopic (exact) mass is 228 g/mol. The summed E-state index contributed by atoms with van der Waals surface area (Å²) in [5, 5.41) is 6.49. The van der Waals surface area contributed by atoms with Gasteiger partial charge in [0.25, 0.3) is 0 Å². The minimum absolute atomic E-state index is 0.0771. The Morgan fingerprint density at radius 1 is 1.73 bits per heavy atom. The van der Waals surface area contributed by atoms with E-state index in [4.69, 9.17) is 9.47 Å². The summed E-state index contributed by atoms with van der Waals surface area (Å²) < 4.78 is 10.6. The van der Waals surface area contributed by atoms with Crippen molar-refractivity contribution in [3.8, 4) is 0 Å². The van der Waals surface area contributed by atoms with Crippen LogP contribution in [0.25, 0.3) is 0 Å². The second-order valence-electron chi connectivity index (χ2n) is 3.57. The zero-order valence-electron chi connectivity index (χ0n) is 9.03. The number of aromatic nitrogens is 1. The number of methoxy groups -OCH3 is 1. The number of nitrogens with one attached hydrogen (secondary N) is 1. The van der Waals surface area contributed by atoms with E-state index in [1.165, 1.54) is 0 Å². The molecule has 1 aromatic heterocycles. The van der Waals surface area contributed by atoms with Crippen LogP contribution in [0.4, 0.5) is 0 Å². The van der Waals surface area contributed by atoms with Gasteiger partial charge in [-0.1, -0.05) is 0 Å². The molecule has 15 heavy (non-hydrogen) atoms. The molecule has 1 fully saturated rings. The molecular weight excluding hydrogens is 212 g/mol. The van der Waals surface area contributed by atoms with Gasteiger partial charge in [-0.15, -0.1) is 11.3 Å². The minimum Gasteiger partial charge on any atom is -0.378 e. The van der Waals surface area contributed by atoms with E-state index in [0.29, 0.717) is 6.61 Å². The molecule has 84 valence electrons. The topological polar surface area (TPSA) is 43.4 Å². The van der Waals surface area contributed by atoms with E-state index in [-0.39, 0.29) is 12.1 Å². The Morgan fingerprint density at radius 3 is 3.27 bits per heavy atom. The van der Waals surface area contributed by atoms with Crippen molar-refractivity contribution in [1.82, 2.24) is 10.3 Å². The normalized spacial score (nSPS) is 24.0. The molecule has 2 rings (SSSR count). The van der Waals surface area contributed by atoms with E-state index in [1.54, 1.807) is 18.4 Å². The van der Waals surface area contributed by atoms with Crippen LogP contribution in [0.1, 0.15) is 29.8 Å². The summed E-state index contributed by atoms with van der Waals surface area (Å²) in [5.41, 5.74) is 1.07. The van der Waals surface area contributed by atoms with E-state index < -0.39 is 0 Å². The fourth-order valence-corrected chi connectivity index (χ4v) is 2.41. The van der Waals surface area contributed by atoms with Gasteiger partial charge in [-0.25, -0.2) is 4.98 Å². The first kappa shape index (κ1) is 11.0. The van der Waals surface area contributed by atoms with Gasteiger partial charge in [-0.3, -0.25) is 0 Å². The maximum atomic E-state index is 5.40. The number of nitrogens with zero attached hydrogens (tertiary/aromatic N) is 1. The third-order valence-electron chi connectivity index (χ3n) is 2.52. The van der Waals surface area contributed by atoms with Gasteiger partial charge in [-0.2, -0.15) is 0 Å². The summed E-state index contributed by atoms with van der Waals surface area (Å²) in [5.74, 6) is 0. The quantitative estimate of drug-likeness (QED) is 0.851. The fourth-order valence-electron chi connectivity index (χ4n) is 1.50. The Kier molecular flexibility index (Phi) is 3.69. The van der Waals surface area contributed by atoms with Gasteiger partial charge in [0.2, 0.25) is 0 Å². The van der Waals surface area contributed by atoms with Gasteiger partial charge >= 0.3 is 0 Å². The molecule has 0 radical (unpaired) electrons. The van der Waals surface area contributed by atoms with Gasteiger partial charge in [-0.05, 0) is 6.92 Å². The van der Waals surface area contributed by atoms with Crippen molar-refractivity contribution >= 4 is 11.3 Å². The Labute approximate surface area is 93.6 Å². The van der Waals surface area contributed by atoms with Crippen LogP contribution in [0.5, 0.6) is 0 Å². The summed E-state index contributed by atoms with van der Waals surface area (Å²) in [6.07, 6.45) is 0.0771. The molecule has 5 heteroatoms. The maximum absolute atomic E-state index is 5.40. The highest BCUT2D eigenvalue weighted by molar-refractivity contribution is 7.09. The van der Waals surface area contributed by atoms with E-state index in [9.17, 15) is 0 Å². The first-order valence-electron chi connectivity index (χ1n) is 5.10. The van der Waals surface area contributed by atoms with Crippen molar-refractivity contribution < 1.29 is 9.47 Å². The zero-order valence-corrected chi connectivity index (χ0v) is 9.84. The highest BCUT2D eigenvalue weighted by Gasteiger charge is 2.19. The summed E-state index contributed by atoms with van der Waals surface area (Å²) in [6, 6.07) is 0.243. The van der Waals surface area contributed by atoms with Crippen LogP contribution in [0.3, 0.4) is 0 Å². The molecule has 1 aliphatic rings. The molecule has 1 aromatic rings. The van der Waals surface area contributed by atoms with Crippen molar-refractivity contribution in [2.45, 2.75) is 19.1 Å². The highest BCUT2D eigenvalue weighted by Crippen LogP contribution is 2.24. The lowest BCUT2D eigenvalue weighted by Gasteiger charge is -2.22. The van der Waals surface area contributed by atoms with Crippen molar-refractivity contribution in [2.24, 2.45) is 0 Å². The molecule has 1 N–H and O–H groups in total. The fraction of sp³-hybridized carbons (Fsp3) is 0.700. The second-order valence-corrected chi connectivity index (χ2v) is 4.46. The molecule has 0 bridgehead atoms. The number of hydrogen-bond donors (Lipinski definition) is 1. The lowest BCUT2D eigenvalue weighted by molar-refractivity contribution is 0.0753. The van der Waals surface area contributed by atoms with E-state index in [2.05, 4.69) is 15.7 Å². The average Bonchev–Trinajstić information content (AvgIpc) is 2.78. The van der Waals surface area contributed by atoms with Crippen molar-refractivity contribution in [1.29, 1.82) is 0 Å². The predicted octanol–water partition coefficient (Wildman–Crippen LogP) is 1.51. The average molecular weight is 228 g/mol. The van der Waals surface area contributed by atoms with Gasteiger partial charge in [0, 0.05) is 19.0 Å². The number of rotatable bonds is 3. The molecule has 2 unspecified atom stereocenters. The van der Waals surface area contributed by atoms with Crippen LogP contribution in [0.15, 0.2) is 5.38 Å². The van der Waals surface area contributed by atoms with E-state index >= 15 is 0 Å². The van der Waals surface area contributed by atoms with Crippen LogP contribution in [0.2, 0.25) is 0 Å². The summed E-state index contributed by atoms with van der Waals surface area (Å²) in [6.45, 7) is 4.41. The first-order chi connectivity index (χ1) is 7.31. The molecule has 0 spiro atoms. The van der Waals surface area contributed by atoms with E-state index in [0.717, 1.165) is 23.9 Å². The highest BCUT2D eigenvalue weighted by atomic mass is 32.1. The van der Waals surface area contributed by atoms with Crippen molar-refractivity contribution in [3.63, 3.8) is 0 Å². The van der Waals surface area contributed by atoms with Crippen LogP contribution >= 0.6 is 11.3 Å². The molecule has 0 amide bonds. The molecule has 2 atom stereocenters. The molecule has 4 nitrogen and oxygen atoms in total. The molecule has 0 aromatic carbocycles. The second kappa shape index (κ2) is 5.03. The predicted molar refractivity (Wildman–Crippen MR) is 59.1 cm³/mol. The van der Waals surface area contributed by atoms with Crippen LogP contribution in [-0.4, -0.2) is 31.9 Å². The van der Waals surface area contributed by atoms with E-state index in [1.807, 2.05) is 6.92 Å². The van der Waals surface area contributed by atoms with Crippen LogP contribution in [0, 0.1) is 0 Å². The van der Waals surface area contributed by atoms with Gasteiger partial charge in [0.05, 0.1) is 24.9 Å². The largest absolute Gasteiger partial charge is 0.378 e. The molecule has 0 saturated carbocycles. The van der Waals surface area contributed by atoms with Crippen LogP contribution in [-0.2, 0) is 9.47 Å². The number of morpholine rings is 1. The molecular formula is C10H16N2O2S. The molecule has 0 aliphatic carbocycles. The third kappa shape index (κ3) is 2.55. The van der Waals surface area contributed by atoms with Crippen molar-refractivity contribution in [2.75, 3.05) is 26.9 Å². The zero-order chi connectivity index (χ0) is 10.7. The standard InChI is InChI=1S/C10H16N2O2S/c1-7(13-2)10-12-9(6-15-10)8-5-14-4-3-11-8/h6-8,11H,3-5H2,1-2H3. The smallest absolute Gasteiger partial charge is 0.122 e. The third-order valence-corrected chi connectivity index (χ3v) is 3.54. The number of thiazole rings is 1. The maximum Gasteiger partial charge on any atom is 0.122 e. The molecule has 1 saturated heterocycles. The summed E-state index contributed by atoms with van der Waals surface area (Å²) in [7, 11) is 1.70. The van der Waals surface area contributed by atoms with Gasteiger partial charge < -0.3 is 14.8 Å². The molecule has 1 aliphatic heterocycles.